The molecule has 0 atom stereocenters. The molecule has 0 saturated heterocycles. The molecule has 0 spiro atoms. The zero-order valence-corrected chi connectivity index (χ0v) is 8.32. The SMILES string of the molecule is CCCN(C)C(=O)NCc1nnn[nH]1. The van der Waals surface area contributed by atoms with Crippen molar-refractivity contribution in [2.24, 2.45) is 0 Å². The molecule has 1 aromatic rings. The Hall–Kier alpha value is -1.66. The first kappa shape index (κ1) is 10.4. The summed E-state index contributed by atoms with van der Waals surface area (Å²) in [6, 6.07) is -0.122. The van der Waals surface area contributed by atoms with Crippen molar-refractivity contribution in [3.63, 3.8) is 0 Å². The molecule has 0 fully saturated rings. The second-order valence-corrected chi connectivity index (χ2v) is 2.93. The van der Waals surface area contributed by atoms with Crippen molar-refractivity contribution >= 4 is 6.03 Å². The van der Waals surface area contributed by atoms with Gasteiger partial charge in [0.15, 0.2) is 5.82 Å². The van der Waals surface area contributed by atoms with E-state index >= 15 is 0 Å². The largest absolute Gasteiger partial charge is 0.331 e. The Balaban J connectivity index is 2.27. The Labute approximate surface area is 81.9 Å². The predicted octanol–water partition coefficient (Wildman–Crippen LogP) is -0.249. The number of nitrogens with one attached hydrogen (secondary N) is 2. The van der Waals surface area contributed by atoms with E-state index in [1.807, 2.05) is 6.92 Å². The van der Waals surface area contributed by atoms with E-state index in [1.54, 1.807) is 11.9 Å². The number of aromatic amines is 1. The Bertz CT molecular complexity index is 272. The molecule has 7 nitrogen and oxygen atoms in total. The maximum atomic E-state index is 11.4. The molecule has 1 rings (SSSR count). The van der Waals surface area contributed by atoms with Crippen LogP contribution in [0.1, 0.15) is 19.2 Å². The van der Waals surface area contributed by atoms with Gasteiger partial charge < -0.3 is 10.2 Å². The lowest BCUT2D eigenvalue weighted by Gasteiger charge is -2.15. The minimum absolute atomic E-state index is 0.122. The number of carbonyl (C=O) groups is 1. The fourth-order valence-electron chi connectivity index (χ4n) is 0.985. The van der Waals surface area contributed by atoms with Crippen molar-refractivity contribution in [1.29, 1.82) is 0 Å². The molecule has 0 aliphatic carbocycles. The molecule has 0 aliphatic heterocycles. The maximum Gasteiger partial charge on any atom is 0.317 e. The van der Waals surface area contributed by atoms with Crippen LogP contribution in [0.3, 0.4) is 0 Å². The summed E-state index contributed by atoms with van der Waals surface area (Å²) in [5.74, 6) is 0.545. The summed E-state index contributed by atoms with van der Waals surface area (Å²) in [7, 11) is 1.75. The van der Waals surface area contributed by atoms with Crippen LogP contribution in [0.25, 0.3) is 0 Å². The second-order valence-electron chi connectivity index (χ2n) is 2.93. The highest BCUT2D eigenvalue weighted by atomic mass is 16.2. The smallest absolute Gasteiger partial charge is 0.317 e. The fourth-order valence-corrected chi connectivity index (χ4v) is 0.985. The molecular formula is C7H14N6O. The summed E-state index contributed by atoms with van der Waals surface area (Å²) in [6.45, 7) is 3.07. The predicted molar refractivity (Wildman–Crippen MR) is 49.3 cm³/mol. The molecule has 0 aromatic carbocycles. The first-order valence-electron chi connectivity index (χ1n) is 4.45. The quantitative estimate of drug-likeness (QED) is 0.698. The van der Waals surface area contributed by atoms with Crippen molar-refractivity contribution in [3.05, 3.63) is 5.82 Å². The number of amides is 2. The normalized spacial score (nSPS) is 9.86. The Morgan fingerprint density at radius 2 is 2.43 bits per heavy atom. The van der Waals surface area contributed by atoms with E-state index in [2.05, 4.69) is 25.9 Å². The summed E-state index contributed by atoms with van der Waals surface area (Å²) in [6.07, 6.45) is 0.938. The number of H-pyrrole nitrogens is 1. The number of hydrogen-bond donors (Lipinski definition) is 2. The molecule has 0 bridgehead atoms. The zero-order chi connectivity index (χ0) is 10.4. The van der Waals surface area contributed by atoms with Crippen LogP contribution < -0.4 is 5.32 Å². The van der Waals surface area contributed by atoms with Crippen LogP contribution in [0, 0.1) is 0 Å². The van der Waals surface area contributed by atoms with E-state index in [0.29, 0.717) is 12.4 Å². The van der Waals surface area contributed by atoms with Crippen molar-refractivity contribution in [2.45, 2.75) is 19.9 Å². The minimum Gasteiger partial charge on any atom is -0.331 e. The van der Waals surface area contributed by atoms with Crippen LogP contribution >= 0.6 is 0 Å². The molecule has 1 aromatic heterocycles. The minimum atomic E-state index is -0.122. The molecule has 0 radical (unpaired) electrons. The van der Waals surface area contributed by atoms with Gasteiger partial charge >= 0.3 is 6.03 Å². The van der Waals surface area contributed by atoms with Crippen LogP contribution in [-0.2, 0) is 6.54 Å². The molecule has 14 heavy (non-hydrogen) atoms. The lowest BCUT2D eigenvalue weighted by molar-refractivity contribution is 0.208. The highest BCUT2D eigenvalue weighted by Gasteiger charge is 2.07. The third kappa shape index (κ3) is 3.00. The Morgan fingerprint density at radius 1 is 1.64 bits per heavy atom. The highest BCUT2D eigenvalue weighted by molar-refractivity contribution is 5.73. The van der Waals surface area contributed by atoms with Crippen LogP contribution in [0.5, 0.6) is 0 Å². The number of rotatable bonds is 4. The lowest BCUT2D eigenvalue weighted by atomic mass is 10.4. The summed E-state index contributed by atoms with van der Waals surface area (Å²) in [5.41, 5.74) is 0. The van der Waals surface area contributed by atoms with Gasteiger partial charge in [0.2, 0.25) is 0 Å². The first-order valence-corrected chi connectivity index (χ1v) is 4.45. The zero-order valence-electron chi connectivity index (χ0n) is 8.32. The van der Waals surface area contributed by atoms with Gasteiger partial charge in [0.05, 0.1) is 6.54 Å². The number of hydrogen-bond acceptors (Lipinski definition) is 4. The van der Waals surface area contributed by atoms with Crippen LogP contribution in [0.15, 0.2) is 0 Å². The van der Waals surface area contributed by atoms with Gasteiger partial charge in [-0.3, -0.25) is 0 Å². The van der Waals surface area contributed by atoms with Crippen molar-refractivity contribution in [1.82, 2.24) is 30.8 Å². The van der Waals surface area contributed by atoms with E-state index in [0.717, 1.165) is 13.0 Å². The van der Waals surface area contributed by atoms with Gasteiger partial charge in [0.1, 0.15) is 0 Å². The van der Waals surface area contributed by atoms with Crippen molar-refractivity contribution in [3.8, 4) is 0 Å². The number of nitrogens with zero attached hydrogens (tertiary/aromatic N) is 4. The second kappa shape index (κ2) is 5.15. The molecule has 7 heteroatoms. The third-order valence-electron chi connectivity index (χ3n) is 1.70. The summed E-state index contributed by atoms with van der Waals surface area (Å²) in [4.78, 5) is 13.0. The Morgan fingerprint density at radius 3 is 3.00 bits per heavy atom. The van der Waals surface area contributed by atoms with Crippen LogP contribution in [-0.4, -0.2) is 45.1 Å². The fraction of sp³-hybridized carbons (Fsp3) is 0.714. The standard InChI is InChI=1S/C7H14N6O/c1-3-4-13(2)7(14)8-5-6-9-11-12-10-6/h3-5H2,1-2H3,(H,8,14)(H,9,10,11,12). The molecule has 0 saturated carbocycles. The average Bonchev–Trinajstić information content (AvgIpc) is 2.67. The lowest BCUT2D eigenvalue weighted by Crippen LogP contribution is -2.37. The van der Waals surface area contributed by atoms with Gasteiger partial charge in [-0.1, -0.05) is 6.92 Å². The van der Waals surface area contributed by atoms with Crippen LogP contribution in [0.2, 0.25) is 0 Å². The van der Waals surface area contributed by atoms with Gasteiger partial charge in [-0.05, 0) is 16.8 Å². The highest BCUT2D eigenvalue weighted by Crippen LogP contribution is 1.89. The maximum absolute atomic E-state index is 11.4. The summed E-state index contributed by atoms with van der Waals surface area (Å²) < 4.78 is 0. The van der Waals surface area contributed by atoms with Gasteiger partial charge in [0, 0.05) is 13.6 Å². The van der Waals surface area contributed by atoms with E-state index in [9.17, 15) is 4.79 Å². The topological polar surface area (TPSA) is 86.8 Å². The molecular weight excluding hydrogens is 184 g/mol. The van der Waals surface area contributed by atoms with Crippen molar-refractivity contribution < 1.29 is 4.79 Å². The average molecular weight is 198 g/mol. The number of tetrazole rings is 1. The van der Waals surface area contributed by atoms with E-state index in [-0.39, 0.29) is 6.03 Å². The number of carbonyl (C=O) groups excluding carboxylic acids is 1. The third-order valence-corrected chi connectivity index (χ3v) is 1.70. The summed E-state index contributed by atoms with van der Waals surface area (Å²) >= 11 is 0. The Kier molecular flexibility index (Phi) is 3.84. The summed E-state index contributed by atoms with van der Waals surface area (Å²) in [5, 5.41) is 15.7. The molecule has 0 unspecified atom stereocenters. The van der Waals surface area contributed by atoms with E-state index < -0.39 is 0 Å². The molecule has 1 heterocycles. The van der Waals surface area contributed by atoms with E-state index in [1.165, 1.54) is 0 Å². The van der Waals surface area contributed by atoms with Gasteiger partial charge in [-0.15, -0.1) is 5.10 Å². The number of aromatic nitrogens is 4. The van der Waals surface area contributed by atoms with Gasteiger partial charge in [-0.25, -0.2) is 9.89 Å². The van der Waals surface area contributed by atoms with Crippen molar-refractivity contribution in [2.75, 3.05) is 13.6 Å². The molecule has 2 amide bonds. The molecule has 0 aliphatic rings. The first-order chi connectivity index (χ1) is 6.74. The molecule has 78 valence electrons. The van der Waals surface area contributed by atoms with Crippen LogP contribution in [0.4, 0.5) is 4.79 Å². The monoisotopic (exact) mass is 198 g/mol. The number of urea groups is 1. The van der Waals surface area contributed by atoms with Gasteiger partial charge in [0.25, 0.3) is 0 Å². The van der Waals surface area contributed by atoms with E-state index in [4.69, 9.17) is 0 Å². The molecule has 2 N–H and O–H groups in total. The van der Waals surface area contributed by atoms with Gasteiger partial charge in [-0.2, -0.15) is 0 Å².